The molecule has 28 heavy (non-hydrogen) atoms. The summed E-state index contributed by atoms with van der Waals surface area (Å²) in [6.45, 7) is 14.5. The number of hydrogen-bond donors (Lipinski definition) is 0. The molecule has 1 aliphatic heterocycles. The van der Waals surface area contributed by atoms with Gasteiger partial charge in [-0.05, 0) is 72.5 Å². The quantitative estimate of drug-likeness (QED) is 0.592. The molecule has 4 fully saturated rings. The maximum Gasteiger partial charge on any atom is 0.222 e. The lowest BCUT2D eigenvalue weighted by molar-refractivity contribution is -0.173. The number of ether oxygens (including phenoxy) is 1. The standard InChI is InChI=1S/C24H39NO2.CH4/c1-7-12-27-19-14-16(3)22-21-15(2)13-18-23(4,11-9-20(26)25(18)6)17(21)8-10-24(19,22)5;/h7,15-19,21-22H,1,8-14H2,2-6H3;1H4. The molecule has 0 aromatic carbocycles. The van der Waals surface area contributed by atoms with Crippen molar-refractivity contribution >= 4 is 5.91 Å². The number of fused-ring (bicyclic) bond motifs is 5. The average molecular weight is 390 g/mol. The smallest absolute Gasteiger partial charge is 0.222 e. The highest BCUT2D eigenvalue weighted by atomic mass is 16.5. The van der Waals surface area contributed by atoms with Crippen molar-refractivity contribution in [3.63, 3.8) is 0 Å². The molecule has 9 unspecified atom stereocenters. The van der Waals surface area contributed by atoms with Gasteiger partial charge in [0.25, 0.3) is 0 Å². The molecule has 3 aliphatic carbocycles. The predicted molar refractivity (Wildman–Crippen MR) is 116 cm³/mol. The van der Waals surface area contributed by atoms with E-state index in [1.165, 1.54) is 25.7 Å². The van der Waals surface area contributed by atoms with Crippen LogP contribution in [0.15, 0.2) is 12.7 Å². The minimum atomic E-state index is 0. The van der Waals surface area contributed by atoms with E-state index >= 15 is 0 Å². The van der Waals surface area contributed by atoms with Crippen LogP contribution in [0, 0.1) is 40.4 Å². The first-order chi connectivity index (χ1) is 12.7. The van der Waals surface area contributed by atoms with Crippen LogP contribution in [0.1, 0.15) is 73.6 Å². The van der Waals surface area contributed by atoms with Gasteiger partial charge in [-0.25, -0.2) is 0 Å². The predicted octanol–water partition coefficient (Wildman–Crippen LogP) is 5.55. The van der Waals surface area contributed by atoms with Crippen LogP contribution in [0.3, 0.4) is 0 Å². The van der Waals surface area contributed by atoms with Crippen molar-refractivity contribution in [1.29, 1.82) is 0 Å². The maximum absolute atomic E-state index is 12.4. The second-order valence-electron chi connectivity index (χ2n) is 10.8. The second kappa shape index (κ2) is 7.45. The van der Waals surface area contributed by atoms with Gasteiger partial charge >= 0.3 is 0 Å². The molecule has 3 nitrogen and oxygen atoms in total. The van der Waals surface area contributed by atoms with Gasteiger partial charge in [0.2, 0.25) is 5.91 Å². The van der Waals surface area contributed by atoms with Crippen molar-refractivity contribution in [3.05, 3.63) is 12.7 Å². The highest BCUT2D eigenvalue weighted by Gasteiger charge is 2.64. The summed E-state index contributed by atoms with van der Waals surface area (Å²) in [4.78, 5) is 14.5. The topological polar surface area (TPSA) is 29.5 Å². The van der Waals surface area contributed by atoms with Gasteiger partial charge in [-0.2, -0.15) is 0 Å². The highest BCUT2D eigenvalue weighted by Crippen LogP contribution is 2.67. The van der Waals surface area contributed by atoms with Crippen LogP contribution in [0.2, 0.25) is 0 Å². The lowest BCUT2D eigenvalue weighted by Crippen LogP contribution is -2.63. The summed E-state index contributed by atoms with van der Waals surface area (Å²) in [5.74, 6) is 4.05. The summed E-state index contributed by atoms with van der Waals surface area (Å²) in [5, 5.41) is 0. The largest absolute Gasteiger partial charge is 0.374 e. The summed E-state index contributed by atoms with van der Waals surface area (Å²) in [5.41, 5.74) is 0.596. The lowest BCUT2D eigenvalue weighted by atomic mass is 9.44. The molecule has 4 aliphatic rings. The van der Waals surface area contributed by atoms with Crippen molar-refractivity contribution in [2.45, 2.75) is 85.8 Å². The summed E-state index contributed by atoms with van der Waals surface area (Å²) in [7, 11) is 2.06. The third kappa shape index (κ3) is 2.90. The molecular weight excluding hydrogens is 346 g/mol. The van der Waals surface area contributed by atoms with E-state index in [9.17, 15) is 4.79 Å². The number of rotatable bonds is 3. The number of carbonyl (C=O) groups excluding carboxylic acids is 1. The molecule has 0 N–H and O–H groups in total. The summed E-state index contributed by atoms with van der Waals surface area (Å²) < 4.78 is 6.30. The molecule has 1 saturated heterocycles. The Bertz CT molecular complexity index is 618. The molecule has 4 rings (SSSR count). The van der Waals surface area contributed by atoms with E-state index in [1.807, 2.05) is 6.08 Å². The SMILES string of the molecule is C.C=CCOC1CC(C)C2C3C(C)CC4N(C)C(=O)CCC4(C)C3CCC12C. The molecule has 3 saturated carbocycles. The Morgan fingerprint density at radius 2 is 1.89 bits per heavy atom. The minimum absolute atomic E-state index is 0. The van der Waals surface area contributed by atoms with Gasteiger partial charge in [-0.3, -0.25) is 4.79 Å². The van der Waals surface area contributed by atoms with E-state index in [0.717, 1.165) is 36.5 Å². The first kappa shape index (κ1) is 21.9. The first-order valence-electron chi connectivity index (χ1n) is 11.2. The Morgan fingerprint density at radius 3 is 2.57 bits per heavy atom. The fourth-order valence-corrected chi connectivity index (χ4v) is 8.34. The maximum atomic E-state index is 12.4. The van der Waals surface area contributed by atoms with Crippen LogP contribution < -0.4 is 0 Å². The lowest BCUT2D eigenvalue weighted by Gasteiger charge is -2.64. The van der Waals surface area contributed by atoms with Gasteiger partial charge < -0.3 is 9.64 Å². The molecule has 0 radical (unpaired) electrons. The van der Waals surface area contributed by atoms with E-state index in [0.29, 0.717) is 41.4 Å². The fraction of sp³-hybridized carbons (Fsp3) is 0.880. The van der Waals surface area contributed by atoms with Crippen LogP contribution in [-0.4, -0.2) is 36.6 Å². The number of amides is 1. The Kier molecular flexibility index (Phi) is 5.82. The van der Waals surface area contributed by atoms with Crippen LogP contribution >= 0.6 is 0 Å². The summed E-state index contributed by atoms with van der Waals surface area (Å²) >= 11 is 0. The number of likely N-dealkylation sites (tertiary alicyclic amines) is 1. The van der Waals surface area contributed by atoms with Gasteiger partial charge in [-0.1, -0.05) is 41.2 Å². The molecule has 0 aromatic rings. The number of piperidine rings is 1. The third-order valence-corrected chi connectivity index (χ3v) is 9.58. The Balaban J connectivity index is 0.00000225. The van der Waals surface area contributed by atoms with E-state index in [-0.39, 0.29) is 7.43 Å². The number of hydrogen-bond acceptors (Lipinski definition) is 2. The van der Waals surface area contributed by atoms with Gasteiger partial charge in [0.15, 0.2) is 0 Å². The number of carbonyl (C=O) groups is 1. The Morgan fingerprint density at radius 1 is 1.18 bits per heavy atom. The Labute approximate surface area is 173 Å². The van der Waals surface area contributed by atoms with Crippen molar-refractivity contribution in [3.8, 4) is 0 Å². The van der Waals surface area contributed by atoms with E-state index < -0.39 is 0 Å². The van der Waals surface area contributed by atoms with Gasteiger partial charge in [-0.15, -0.1) is 6.58 Å². The van der Waals surface area contributed by atoms with Gasteiger partial charge in [0, 0.05) is 19.5 Å². The van der Waals surface area contributed by atoms with E-state index in [2.05, 4.69) is 46.2 Å². The van der Waals surface area contributed by atoms with E-state index in [1.54, 1.807) is 0 Å². The Hall–Kier alpha value is -0.830. The monoisotopic (exact) mass is 389 g/mol. The van der Waals surface area contributed by atoms with Crippen LogP contribution in [0.4, 0.5) is 0 Å². The van der Waals surface area contributed by atoms with E-state index in [4.69, 9.17) is 4.74 Å². The molecule has 1 amide bonds. The van der Waals surface area contributed by atoms with Gasteiger partial charge in [0.1, 0.15) is 0 Å². The molecular formula is C25H43NO2. The average Bonchev–Trinajstić information content (AvgIpc) is 2.89. The van der Waals surface area contributed by atoms with Crippen LogP contribution in [0.5, 0.6) is 0 Å². The fourth-order valence-electron chi connectivity index (χ4n) is 8.34. The third-order valence-electron chi connectivity index (χ3n) is 9.58. The number of nitrogens with zero attached hydrogens (tertiary/aromatic N) is 1. The van der Waals surface area contributed by atoms with Crippen LogP contribution in [0.25, 0.3) is 0 Å². The molecule has 0 spiro atoms. The normalized spacial score (nSPS) is 50.2. The van der Waals surface area contributed by atoms with Crippen molar-refractivity contribution < 1.29 is 9.53 Å². The molecule has 160 valence electrons. The zero-order valence-corrected chi connectivity index (χ0v) is 18.0. The van der Waals surface area contributed by atoms with Crippen molar-refractivity contribution in [1.82, 2.24) is 4.90 Å². The second-order valence-corrected chi connectivity index (χ2v) is 10.8. The zero-order valence-electron chi connectivity index (χ0n) is 18.0. The van der Waals surface area contributed by atoms with Crippen LogP contribution in [-0.2, 0) is 9.53 Å². The van der Waals surface area contributed by atoms with Crippen molar-refractivity contribution in [2.75, 3.05) is 13.7 Å². The molecule has 0 aromatic heterocycles. The first-order valence-corrected chi connectivity index (χ1v) is 11.2. The highest BCUT2D eigenvalue weighted by molar-refractivity contribution is 5.77. The molecule has 1 heterocycles. The molecule has 3 heteroatoms. The summed E-state index contributed by atoms with van der Waals surface area (Å²) in [6.07, 6.45) is 9.06. The zero-order chi connectivity index (χ0) is 19.6. The minimum Gasteiger partial charge on any atom is -0.374 e. The molecule has 0 bridgehead atoms. The summed E-state index contributed by atoms with van der Waals surface area (Å²) in [6, 6.07) is 0.434. The van der Waals surface area contributed by atoms with Crippen molar-refractivity contribution in [2.24, 2.45) is 40.4 Å². The molecule has 9 atom stereocenters. The van der Waals surface area contributed by atoms with Gasteiger partial charge in [0.05, 0.1) is 12.7 Å².